The Morgan fingerprint density at radius 1 is 1.21 bits per heavy atom. The van der Waals surface area contributed by atoms with Crippen molar-refractivity contribution in [2.45, 2.75) is 51.6 Å². The van der Waals surface area contributed by atoms with Gasteiger partial charge in [-0.3, -0.25) is 14.4 Å². The number of halogens is 3. The summed E-state index contributed by atoms with van der Waals surface area (Å²) in [6.45, 7) is 3.77. The predicted octanol–water partition coefficient (Wildman–Crippen LogP) is 2.03. The third-order valence-electron chi connectivity index (χ3n) is 4.94. The zero-order chi connectivity index (χ0) is 25.3. The smallest absolute Gasteiger partial charge is 0.484 e. The van der Waals surface area contributed by atoms with Gasteiger partial charge < -0.3 is 25.4 Å². The van der Waals surface area contributed by atoms with Gasteiger partial charge in [-0.2, -0.15) is 5.26 Å². The van der Waals surface area contributed by atoms with Gasteiger partial charge in [-0.25, -0.2) is 0 Å². The van der Waals surface area contributed by atoms with Gasteiger partial charge in [0.1, 0.15) is 23.6 Å². The number of amides is 3. The fraction of sp³-hybridized carbons (Fsp3) is 0.545. The Kier molecular flexibility index (Phi) is 9.53. The molecule has 1 saturated heterocycles. The number of benzene rings is 1. The Bertz CT molecular complexity index is 899. The van der Waals surface area contributed by atoms with Crippen molar-refractivity contribution in [2.24, 2.45) is 11.8 Å². The molecule has 1 aliphatic heterocycles. The van der Waals surface area contributed by atoms with Crippen molar-refractivity contribution in [2.75, 3.05) is 13.2 Å². The van der Waals surface area contributed by atoms with Crippen LogP contribution >= 0.6 is 0 Å². The van der Waals surface area contributed by atoms with E-state index in [-0.39, 0.29) is 29.9 Å². The molecule has 0 radical (unpaired) electrons. The highest BCUT2D eigenvalue weighted by atomic mass is 19.4. The lowest BCUT2D eigenvalue weighted by Gasteiger charge is -2.22. The van der Waals surface area contributed by atoms with E-state index in [0.717, 1.165) is 12.1 Å². The van der Waals surface area contributed by atoms with Gasteiger partial charge in [0.2, 0.25) is 11.8 Å². The highest BCUT2D eigenvalue weighted by Crippen LogP contribution is 2.24. The first-order valence-electron chi connectivity index (χ1n) is 10.7. The van der Waals surface area contributed by atoms with Gasteiger partial charge >= 0.3 is 6.36 Å². The van der Waals surface area contributed by atoms with E-state index in [0.29, 0.717) is 19.4 Å². The van der Waals surface area contributed by atoms with Crippen LogP contribution in [0.3, 0.4) is 0 Å². The molecule has 34 heavy (non-hydrogen) atoms. The van der Waals surface area contributed by atoms with E-state index < -0.39 is 42.6 Å². The second-order valence-electron chi connectivity index (χ2n) is 8.26. The number of nitrogens with one attached hydrogen (secondary N) is 3. The molecule has 0 aliphatic carbocycles. The van der Waals surface area contributed by atoms with Crippen molar-refractivity contribution in [1.29, 1.82) is 5.26 Å². The van der Waals surface area contributed by atoms with Crippen LogP contribution in [0.2, 0.25) is 0 Å². The first-order chi connectivity index (χ1) is 16.0. The molecule has 0 aromatic heterocycles. The van der Waals surface area contributed by atoms with E-state index in [2.05, 4.69) is 20.7 Å². The normalized spacial score (nSPS) is 17.3. The molecule has 0 unspecified atom stereocenters. The summed E-state index contributed by atoms with van der Waals surface area (Å²) in [7, 11) is 0. The number of hydrogen-bond donors (Lipinski definition) is 3. The van der Waals surface area contributed by atoms with Gasteiger partial charge in [0.25, 0.3) is 5.91 Å². The summed E-state index contributed by atoms with van der Waals surface area (Å²) in [5, 5.41) is 17.2. The molecule has 3 N–H and O–H groups in total. The molecule has 12 heteroatoms. The number of hydrogen-bond acceptors (Lipinski definition) is 6. The summed E-state index contributed by atoms with van der Waals surface area (Å²) in [6.07, 6.45) is -3.77. The van der Waals surface area contributed by atoms with Crippen LogP contribution in [0.15, 0.2) is 24.3 Å². The zero-order valence-electron chi connectivity index (χ0n) is 18.8. The number of carbonyl (C=O) groups excluding carboxylic acids is 3. The summed E-state index contributed by atoms with van der Waals surface area (Å²) in [5.74, 6) is -1.95. The maximum atomic E-state index is 12.7. The topological polar surface area (TPSA) is 130 Å². The Labute approximate surface area is 195 Å². The lowest BCUT2D eigenvalue weighted by atomic mass is 9.98. The van der Waals surface area contributed by atoms with E-state index in [9.17, 15) is 32.8 Å². The summed E-state index contributed by atoms with van der Waals surface area (Å²) < 4.78 is 45.7. The third kappa shape index (κ3) is 9.17. The van der Waals surface area contributed by atoms with Gasteiger partial charge in [-0.15, -0.1) is 13.2 Å². The Balaban J connectivity index is 1.90. The highest BCUT2D eigenvalue weighted by molar-refractivity contribution is 5.88. The number of ether oxygens (including phenoxy) is 2. The summed E-state index contributed by atoms with van der Waals surface area (Å²) in [4.78, 5) is 36.8. The van der Waals surface area contributed by atoms with E-state index >= 15 is 0 Å². The van der Waals surface area contributed by atoms with E-state index in [1.807, 2.05) is 19.9 Å². The highest BCUT2D eigenvalue weighted by Gasteiger charge is 2.31. The van der Waals surface area contributed by atoms with Crippen molar-refractivity contribution >= 4 is 17.7 Å². The fourth-order valence-corrected chi connectivity index (χ4v) is 3.40. The molecule has 1 aromatic carbocycles. The van der Waals surface area contributed by atoms with Gasteiger partial charge in [0.05, 0.1) is 6.07 Å². The van der Waals surface area contributed by atoms with E-state index in [1.54, 1.807) is 0 Å². The molecule has 0 spiro atoms. The first kappa shape index (κ1) is 26.8. The quantitative estimate of drug-likeness (QED) is 0.441. The van der Waals surface area contributed by atoms with Crippen molar-refractivity contribution in [3.8, 4) is 17.6 Å². The number of carbonyl (C=O) groups is 3. The van der Waals surface area contributed by atoms with Crippen LogP contribution in [0.1, 0.15) is 33.1 Å². The Morgan fingerprint density at radius 2 is 1.85 bits per heavy atom. The standard InChI is InChI=1S/C22H27F3N4O5/c1-13(2)9-18(21(32)28-15(11-26)10-14-7-8-27-20(14)31)29-19(30)12-33-16-3-5-17(6-4-16)34-22(23,24)25/h3-6,13-15,18H,7-10,12H2,1-2H3,(H,27,31)(H,28,32)(H,29,30)/t14-,15-,18-/m0/s1. The third-order valence-corrected chi connectivity index (χ3v) is 4.94. The van der Waals surface area contributed by atoms with Crippen LogP contribution < -0.4 is 25.4 Å². The lowest BCUT2D eigenvalue weighted by molar-refractivity contribution is -0.274. The number of nitriles is 1. The number of rotatable bonds is 11. The van der Waals surface area contributed by atoms with E-state index in [1.165, 1.54) is 12.1 Å². The summed E-state index contributed by atoms with van der Waals surface area (Å²) in [6, 6.07) is 4.66. The predicted molar refractivity (Wildman–Crippen MR) is 113 cm³/mol. The van der Waals surface area contributed by atoms with Gasteiger partial charge in [-0.1, -0.05) is 13.8 Å². The van der Waals surface area contributed by atoms with Gasteiger partial charge in [0, 0.05) is 12.5 Å². The van der Waals surface area contributed by atoms with Crippen molar-refractivity contribution in [3.05, 3.63) is 24.3 Å². The average Bonchev–Trinajstić information content (AvgIpc) is 3.15. The Morgan fingerprint density at radius 3 is 2.38 bits per heavy atom. The van der Waals surface area contributed by atoms with Crippen LogP contribution in [0.4, 0.5) is 13.2 Å². The molecule has 2 rings (SSSR count). The summed E-state index contributed by atoms with van der Waals surface area (Å²) >= 11 is 0. The van der Waals surface area contributed by atoms with Gasteiger partial charge in [-0.05, 0) is 49.4 Å². The minimum atomic E-state index is -4.82. The molecule has 3 amide bonds. The van der Waals surface area contributed by atoms with Crippen LogP contribution in [0.5, 0.6) is 11.5 Å². The first-order valence-corrected chi connectivity index (χ1v) is 10.7. The van der Waals surface area contributed by atoms with Crippen LogP contribution in [0.25, 0.3) is 0 Å². The van der Waals surface area contributed by atoms with Crippen LogP contribution in [-0.2, 0) is 14.4 Å². The molecule has 1 aliphatic rings. The van der Waals surface area contributed by atoms with Crippen molar-refractivity contribution < 1.29 is 37.0 Å². The lowest BCUT2D eigenvalue weighted by Crippen LogP contribution is -2.51. The molecule has 186 valence electrons. The zero-order valence-corrected chi connectivity index (χ0v) is 18.8. The minimum Gasteiger partial charge on any atom is -0.484 e. The molecule has 1 heterocycles. The molecular weight excluding hydrogens is 457 g/mol. The van der Waals surface area contributed by atoms with Crippen LogP contribution in [-0.4, -0.2) is 49.3 Å². The molecule has 1 aromatic rings. The molecule has 0 bridgehead atoms. The largest absolute Gasteiger partial charge is 0.573 e. The minimum absolute atomic E-state index is 0.0410. The molecule has 9 nitrogen and oxygen atoms in total. The Hall–Kier alpha value is -3.49. The molecule has 1 fully saturated rings. The molecular formula is C22H27F3N4O5. The average molecular weight is 484 g/mol. The van der Waals surface area contributed by atoms with Crippen molar-refractivity contribution in [1.82, 2.24) is 16.0 Å². The molecule has 0 saturated carbocycles. The van der Waals surface area contributed by atoms with E-state index in [4.69, 9.17) is 4.74 Å². The molecule has 3 atom stereocenters. The maximum absolute atomic E-state index is 12.7. The monoisotopic (exact) mass is 484 g/mol. The van der Waals surface area contributed by atoms with Crippen molar-refractivity contribution in [3.63, 3.8) is 0 Å². The fourth-order valence-electron chi connectivity index (χ4n) is 3.40. The van der Waals surface area contributed by atoms with Crippen LogP contribution in [0, 0.1) is 23.2 Å². The second kappa shape index (κ2) is 12.1. The SMILES string of the molecule is CC(C)C[C@H](NC(=O)COc1ccc(OC(F)(F)F)cc1)C(=O)N[C@H](C#N)C[C@@H]1CCNC1=O. The van der Waals surface area contributed by atoms with Gasteiger partial charge in [0.15, 0.2) is 6.61 Å². The second-order valence-corrected chi connectivity index (χ2v) is 8.26. The number of alkyl halides is 3. The maximum Gasteiger partial charge on any atom is 0.573 e. The number of nitrogens with zero attached hydrogens (tertiary/aromatic N) is 1. The summed E-state index contributed by atoms with van der Waals surface area (Å²) in [5.41, 5.74) is 0.